The average Bonchev–Trinajstić information content (AvgIpc) is 2.74. The Morgan fingerprint density at radius 2 is 1.79 bits per heavy atom. The second-order valence-corrected chi connectivity index (χ2v) is 10.2. The van der Waals surface area contributed by atoms with Crippen LogP contribution >= 0.6 is 11.6 Å². The zero-order valence-electron chi connectivity index (χ0n) is 16.8. The molecule has 5 nitrogen and oxygen atoms in total. The minimum Gasteiger partial charge on any atom is -0.349 e. The van der Waals surface area contributed by atoms with Crippen LogP contribution in [0.5, 0.6) is 0 Å². The predicted octanol–water partition coefficient (Wildman–Crippen LogP) is 3.90. The van der Waals surface area contributed by atoms with Crippen molar-refractivity contribution < 1.29 is 13.2 Å². The lowest BCUT2D eigenvalue weighted by atomic mass is 9.72. The number of carbonyl (C=O) groups excluding carboxylic acids is 1. The molecule has 1 N–H and O–H groups in total. The van der Waals surface area contributed by atoms with Crippen LogP contribution in [0.15, 0.2) is 54.6 Å². The molecule has 29 heavy (non-hydrogen) atoms. The second kappa shape index (κ2) is 8.86. The molecule has 1 amide bonds. The van der Waals surface area contributed by atoms with Crippen molar-refractivity contribution in [1.82, 2.24) is 9.62 Å². The molecule has 7 heteroatoms. The standard InChI is InChI=1S/C22H27ClN2O3S/c1-3-29(27,28)25-14-12-22(13-15-25,19-9-5-4-6-10-19)21(26)24-17(2)18-8-7-11-20(23)16-18/h4-11,16-17H,3,12-15H2,1-2H3,(H,24,26). The van der Waals surface area contributed by atoms with Gasteiger partial charge in [-0.2, -0.15) is 0 Å². The summed E-state index contributed by atoms with van der Waals surface area (Å²) in [5, 5.41) is 3.76. The van der Waals surface area contributed by atoms with Crippen molar-refractivity contribution >= 4 is 27.5 Å². The lowest BCUT2D eigenvalue weighted by molar-refractivity contribution is -0.129. The highest BCUT2D eigenvalue weighted by Crippen LogP contribution is 2.37. The van der Waals surface area contributed by atoms with Crippen LogP contribution < -0.4 is 5.32 Å². The van der Waals surface area contributed by atoms with E-state index in [1.807, 2.05) is 55.5 Å². The molecule has 0 saturated carbocycles. The van der Waals surface area contributed by atoms with E-state index in [0.29, 0.717) is 31.0 Å². The molecule has 0 spiro atoms. The summed E-state index contributed by atoms with van der Waals surface area (Å²) < 4.78 is 26.1. The summed E-state index contributed by atoms with van der Waals surface area (Å²) >= 11 is 6.09. The number of sulfonamides is 1. The number of benzene rings is 2. The lowest BCUT2D eigenvalue weighted by Gasteiger charge is -2.41. The van der Waals surface area contributed by atoms with Crippen LogP contribution in [0.25, 0.3) is 0 Å². The summed E-state index contributed by atoms with van der Waals surface area (Å²) in [6, 6.07) is 16.9. The summed E-state index contributed by atoms with van der Waals surface area (Å²) in [7, 11) is -3.26. The first-order chi connectivity index (χ1) is 13.8. The molecule has 0 aliphatic carbocycles. The fraction of sp³-hybridized carbons (Fsp3) is 0.409. The van der Waals surface area contributed by atoms with Gasteiger partial charge in [0.2, 0.25) is 15.9 Å². The Kier molecular flexibility index (Phi) is 6.66. The molecule has 1 aliphatic rings. The lowest BCUT2D eigenvalue weighted by Crippen LogP contribution is -2.53. The van der Waals surface area contributed by atoms with E-state index in [4.69, 9.17) is 11.6 Å². The molecule has 1 atom stereocenters. The van der Waals surface area contributed by atoms with Gasteiger partial charge >= 0.3 is 0 Å². The number of nitrogens with zero attached hydrogens (tertiary/aromatic N) is 1. The number of hydrogen-bond acceptors (Lipinski definition) is 3. The van der Waals surface area contributed by atoms with Crippen molar-refractivity contribution in [2.24, 2.45) is 0 Å². The Balaban J connectivity index is 1.86. The Hall–Kier alpha value is -1.89. The van der Waals surface area contributed by atoms with Gasteiger partial charge in [0.25, 0.3) is 0 Å². The highest BCUT2D eigenvalue weighted by atomic mass is 35.5. The Labute approximate surface area is 178 Å². The van der Waals surface area contributed by atoms with Crippen LogP contribution in [0.2, 0.25) is 5.02 Å². The normalized spacial score (nSPS) is 18.2. The molecule has 0 aromatic heterocycles. The summed E-state index contributed by atoms with van der Waals surface area (Å²) in [6.07, 6.45) is 0.898. The van der Waals surface area contributed by atoms with Crippen LogP contribution in [0.4, 0.5) is 0 Å². The maximum absolute atomic E-state index is 13.5. The SMILES string of the molecule is CCS(=O)(=O)N1CCC(C(=O)NC(C)c2cccc(Cl)c2)(c2ccccc2)CC1. The van der Waals surface area contributed by atoms with E-state index in [0.717, 1.165) is 11.1 Å². The van der Waals surface area contributed by atoms with E-state index in [9.17, 15) is 13.2 Å². The highest BCUT2D eigenvalue weighted by molar-refractivity contribution is 7.89. The van der Waals surface area contributed by atoms with Crippen molar-refractivity contribution in [2.45, 2.75) is 38.1 Å². The van der Waals surface area contributed by atoms with Gasteiger partial charge in [0, 0.05) is 18.1 Å². The van der Waals surface area contributed by atoms with Gasteiger partial charge < -0.3 is 5.32 Å². The zero-order chi connectivity index (χ0) is 21.1. The van der Waals surface area contributed by atoms with E-state index in [2.05, 4.69) is 5.32 Å². The average molecular weight is 435 g/mol. The van der Waals surface area contributed by atoms with Crippen LogP contribution in [0, 0.1) is 0 Å². The number of halogens is 1. The predicted molar refractivity (Wildman–Crippen MR) is 116 cm³/mol. The van der Waals surface area contributed by atoms with Crippen LogP contribution in [0.1, 0.15) is 43.9 Å². The number of hydrogen-bond donors (Lipinski definition) is 1. The fourth-order valence-electron chi connectivity index (χ4n) is 3.93. The molecule has 2 aromatic carbocycles. The van der Waals surface area contributed by atoms with Gasteiger partial charge in [0.05, 0.1) is 17.2 Å². The summed E-state index contributed by atoms with van der Waals surface area (Å²) in [5.74, 6) is -0.00621. The molecule has 156 valence electrons. The van der Waals surface area contributed by atoms with E-state index in [-0.39, 0.29) is 17.7 Å². The van der Waals surface area contributed by atoms with E-state index < -0.39 is 15.4 Å². The fourth-order valence-corrected chi connectivity index (χ4v) is 5.23. The molecule has 1 fully saturated rings. The smallest absolute Gasteiger partial charge is 0.231 e. The molecular formula is C22H27ClN2O3S. The third kappa shape index (κ3) is 4.65. The molecule has 2 aromatic rings. The monoisotopic (exact) mass is 434 g/mol. The van der Waals surface area contributed by atoms with Gasteiger partial charge in [-0.3, -0.25) is 4.79 Å². The van der Waals surface area contributed by atoms with Crippen molar-refractivity contribution in [3.63, 3.8) is 0 Å². The number of rotatable bonds is 6. The van der Waals surface area contributed by atoms with Crippen molar-refractivity contribution in [1.29, 1.82) is 0 Å². The van der Waals surface area contributed by atoms with Crippen molar-refractivity contribution in [3.05, 3.63) is 70.7 Å². The topological polar surface area (TPSA) is 66.5 Å². The zero-order valence-corrected chi connectivity index (χ0v) is 18.3. The Morgan fingerprint density at radius 3 is 2.38 bits per heavy atom. The maximum Gasteiger partial charge on any atom is 0.231 e. The van der Waals surface area contributed by atoms with Crippen LogP contribution in [-0.4, -0.2) is 37.5 Å². The minimum atomic E-state index is -3.26. The highest BCUT2D eigenvalue weighted by Gasteiger charge is 2.44. The quantitative estimate of drug-likeness (QED) is 0.749. The molecule has 1 aliphatic heterocycles. The van der Waals surface area contributed by atoms with Crippen LogP contribution in [0.3, 0.4) is 0 Å². The first-order valence-corrected chi connectivity index (χ1v) is 11.9. The van der Waals surface area contributed by atoms with Gasteiger partial charge in [-0.05, 0) is 49.9 Å². The molecule has 0 radical (unpaired) electrons. The third-order valence-corrected chi connectivity index (χ3v) is 7.91. The number of carbonyl (C=O) groups is 1. The van der Waals surface area contributed by atoms with Crippen molar-refractivity contribution in [3.8, 4) is 0 Å². The number of amides is 1. The van der Waals surface area contributed by atoms with Gasteiger partial charge in [0.1, 0.15) is 0 Å². The van der Waals surface area contributed by atoms with Crippen molar-refractivity contribution in [2.75, 3.05) is 18.8 Å². The maximum atomic E-state index is 13.5. The third-order valence-electron chi connectivity index (χ3n) is 5.79. The van der Waals surface area contributed by atoms with E-state index >= 15 is 0 Å². The molecule has 3 rings (SSSR count). The first kappa shape index (κ1) is 21.8. The summed E-state index contributed by atoms with van der Waals surface area (Å²) in [4.78, 5) is 13.5. The molecule has 1 unspecified atom stereocenters. The van der Waals surface area contributed by atoms with Gasteiger partial charge in [-0.1, -0.05) is 54.1 Å². The van der Waals surface area contributed by atoms with Gasteiger partial charge in [-0.25, -0.2) is 12.7 Å². The van der Waals surface area contributed by atoms with Gasteiger partial charge in [-0.15, -0.1) is 0 Å². The van der Waals surface area contributed by atoms with Gasteiger partial charge in [0.15, 0.2) is 0 Å². The largest absolute Gasteiger partial charge is 0.349 e. The summed E-state index contributed by atoms with van der Waals surface area (Å²) in [6.45, 7) is 4.25. The molecule has 0 bridgehead atoms. The molecular weight excluding hydrogens is 408 g/mol. The second-order valence-electron chi connectivity index (χ2n) is 7.50. The Morgan fingerprint density at radius 1 is 1.14 bits per heavy atom. The number of nitrogens with one attached hydrogen (secondary N) is 1. The molecule has 1 saturated heterocycles. The number of piperidine rings is 1. The summed E-state index contributed by atoms with van der Waals surface area (Å²) in [5.41, 5.74) is 1.10. The Bertz CT molecular complexity index is 955. The van der Waals surface area contributed by atoms with Crippen LogP contribution in [-0.2, 0) is 20.2 Å². The minimum absolute atomic E-state index is 0.0728. The molecule has 1 heterocycles. The van der Waals surface area contributed by atoms with E-state index in [1.165, 1.54) is 4.31 Å². The van der Waals surface area contributed by atoms with E-state index in [1.54, 1.807) is 13.0 Å². The first-order valence-electron chi connectivity index (χ1n) is 9.88.